The molecule has 0 aliphatic carbocycles. The van der Waals surface area contributed by atoms with E-state index in [9.17, 15) is 43.8 Å². The molecule has 0 amide bonds. The lowest BCUT2D eigenvalue weighted by molar-refractivity contribution is -0.370. The van der Waals surface area contributed by atoms with E-state index in [1.807, 2.05) is 0 Å². The van der Waals surface area contributed by atoms with Crippen molar-refractivity contribution in [1.82, 2.24) is 0 Å². The molecule has 0 spiro atoms. The topological polar surface area (TPSA) is 306 Å². The predicted molar refractivity (Wildman–Crippen MR) is 367 cm³/mol. The number of esters is 8. The molecule has 24 nitrogen and oxygen atoms in total. The lowest BCUT2D eigenvalue weighted by Gasteiger charge is -2.49. The number of carbonyl (C=O) groups is 8. The zero-order valence-electron chi connectivity index (χ0n) is 55.8. The highest BCUT2D eigenvalue weighted by Gasteiger charge is 2.59. The molecule has 24 heteroatoms. The summed E-state index contributed by atoms with van der Waals surface area (Å²) in [5.74, 6) is -8.05. The average molecular weight is 1430 g/mol. The molecule has 2 N–H and O–H groups in total. The summed E-state index contributed by atoms with van der Waals surface area (Å²) in [5.41, 5.74) is 0.710. The molecule has 9 aromatic rings. The maximum absolute atomic E-state index is 15.0. The van der Waals surface area contributed by atoms with Crippen molar-refractivity contribution >= 4 is 47.8 Å². The third kappa shape index (κ3) is 18.8. The zero-order chi connectivity index (χ0) is 73.0. The van der Waals surface area contributed by atoms with Crippen LogP contribution in [0.15, 0.2) is 273 Å². The summed E-state index contributed by atoms with van der Waals surface area (Å²) >= 11 is 0. The van der Waals surface area contributed by atoms with Crippen molar-refractivity contribution in [2.24, 2.45) is 0 Å². The molecule has 3 aliphatic heterocycles. The number of aliphatic hydroxyl groups is 2. The van der Waals surface area contributed by atoms with Crippen LogP contribution in [0, 0.1) is 0 Å². The number of aliphatic hydroxyl groups excluding tert-OH is 2. The molecule has 0 aromatic heterocycles. The molecule has 12 rings (SSSR count). The van der Waals surface area contributed by atoms with Crippen molar-refractivity contribution < 1.29 is 115 Å². The molecule has 0 saturated carbocycles. The Hall–Kier alpha value is -11.6. The molecule has 3 saturated heterocycles. The fourth-order valence-corrected chi connectivity index (χ4v) is 11.8. The van der Waals surface area contributed by atoms with Gasteiger partial charge >= 0.3 is 47.8 Å². The standard InChI is InChI=1S/C81H70O24/c82-62-66(101-75(87)55-38-20-6-21-39-55)63(98-72(84)52-32-14-3-15-33-52)59(47-92-46-50-28-10-1-11-29-50)96-80(62)105-70-68(103-77(89)57-42-24-8-25-43-57)65(100-74(86)54-36-18-5-19-37-54)61(48-93-71(83)51-30-12-2-13-31-51)97-81(70)94-49-60-64(99-73(85)53-34-16-4-17-35-53)67(102-76(88)56-40-22-7-23-41-56)69(79(91)95-60)104-78(90)58-44-26-9-27-45-58/h1-45,59-70,79-82,91H,46-49H2/t59-,60-,61-,62+,63-,64-,65-,66-,67+,68+,69+,70+,79+,80-,81+/m1/s1. The fraction of sp³-hybridized carbons (Fsp3) is 0.235. The van der Waals surface area contributed by atoms with E-state index in [0.717, 1.165) is 0 Å². The molecule has 3 aliphatic rings. The summed E-state index contributed by atoms with van der Waals surface area (Å²) in [6.45, 7) is -2.30. The molecular weight excluding hydrogens is 1360 g/mol. The van der Waals surface area contributed by atoms with Gasteiger partial charge in [0, 0.05) is 0 Å². The van der Waals surface area contributed by atoms with E-state index in [1.165, 1.54) is 97.1 Å². The average Bonchev–Trinajstić information content (AvgIpc) is 0.773. The summed E-state index contributed by atoms with van der Waals surface area (Å²) in [7, 11) is 0. The van der Waals surface area contributed by atoms with Crippen LogP contribution >= 0.6 is 0 Å². The number of hydrogen-bond donors (Lipinski definition) is 2. The minimum atomic E-state index is -2.23. The Bertz CT molecular complexity index is 4340. The molecule has 0 bridgehead atoms. The fourth-order valence-electron chi connectivity index (χ4n) is 11.8. The largest absolute Gasteiger partial charge is 0.459 e. The second-order valence-electron chi connectivity index (χ2n) is 24.2. The first kappa shape index (κ1) is 73.2. The highest BCUT2D eigenvalue weighted by molar-refractivity contribution is 5.93. The third-order valence-corrected chi connectivity index (χ3v) is 17.1. The second kappa shape index (κ2) is 35.5. The monoisotopic (exact) mass is 1430 g/mol. The summed E-state index contributed by atoms with van der Waals surface area (Å²) in [6.07, 6.45) is -29.5. The van der Waals surface area contributed by atoms with Crippen molar-refractivity contribution in [3.8, 4) is 0 Å². The smallest absolute Gasteiger partial charge is 0.338 e. The van der Waals surface area contributed by atoms with Gasteiger partial charge in [0.15, 0.2) is 67.7 Å². The summed E-state index contributed by atoms with van der Waals surface area (Å²) in [4.78, 5) is 116. The van der Waals surface area contributed by atoms with E-state index in [4.69, 9.17) is 66.3 Å². The molecule has 3 fully saturated rings. The van der Waals surface area contributed by atoms with Crippen LogP contribution in [-0.4, -0.2) is 170 Å². The molecule has 0 radical (unpaired) electrons. The van der Waals surface area contributed by atoms with Crippen LogP contribution in [0.5, 0.6) is 0 Å². The first-order chi connectivity index (χ1) is 51.2. The van der Waals surface area contributed by atoms with Gasteiger partial charge in [-0.3, -0.25) is 0 Å². The quantitative estimate of drug-likeness (QED) is 0.0376. The number of ether oxygens (including phenoxy) is 14. The zero-order valence-corrected chi connectivity index (χ0v) is 55.8. The Kier molecular flexibility index (Phi) is 24.8. The number of hydrogen-bond acceptors (Lipinski definition) is 24. The van der Waals surface area contributed by atoms with E-state index in [2.05, 4.69) is 0 Å². The number of carbonyl (C=O) groups excluding carboxylic acids is 8. The maximum atomic E-state index is 15.0. The van der Waals surface area contributed by atoms with E-state index in [1.54, 1.807) is 176 Å². The summed E-state index contributed by atoms with van der Waals surface area (Å²) < 4.78 is 89.4. The number of rotatable bonds is 26. The lowest BCUT2D eigenvalue weighted by atomic mass is 9.95. The van der Waals surface area contributed by atoms with Gasteiger partial charge in [0.25, 0.3) is 0 Å². The van der Waals surface area contributed by atoms with Gasteiger partial charge in [0.05, 0.1) is 64.3 Å². The minimum absolute atomic E-state index is 0.00309. The highest BCUT2D eigenvalue weighted by Crippen LogP contribution is 2.38. The second-order valence-corrected chi connectivity index (χ2v) is 24.2. The van der Waals surface area contributed by atoms with Gasteiger partial charge in [-0.05, 0) is 103 Å². The SMILES string of the molecule is O=C(OC[C@H]1O[C@H](OC[C@H]2O[C@H](O)[C@@H](OC(=O)c3ccccc3)[C@@H](OC(=O)c3ccccc3)[C@@H]2OC(=O)c2ccccc2)[C@@H](O[C@H]2O[C@H](COCc3ccccc3)[C@@H](OC(=O)c3ccccc3)[C@H](OC(=O)c3ccccc3)[C@@H]2O)[C@@H](OC(=O)c2ccccc2)[C@@H]1OC(=O)c1ccccc1)c1ccccc1. The van der Waals surface area contributed by atoms with Crippen LogP contribution < -0.4 is 0 Å². The van der Waals surface area contributed by atoms with Crippen molar-refractivity contribution in [2.75, 3.05) is 19.8 Å². The normalized spacial score (nSPS) is 24.1. The van der Waals surface area contributed by atoms with Gasteiger partial charge in [-0.25, -0.2) is 38.4 Å². The van der Waals surface area contributed by atoms with Crippen LogP contribution in [-0.2, 0) is 72.9 Å². The van der Waals surface area contributed by atoms with Crippen molar-refractivity contribution in [1.29, 1.82) is 0 Å². The Morgan fingerprint density at radius 3 is 0.924 bits per heavy atom. The highest BCUT2D eigenvalue weighted by atomic mass is 16.8. The molecular formula is C81H70O24. The van der Waals surface area contributed by atoms with Crippen molar-refractivity contribution in [2.45, 2.75) is 98.7 Å². The number of benzene rings is 9. The predicted octanol–water partition coefficient (Wildman–Crippen LogP) is 9.57. The Balaban J connectivity index is 0.984. The van der Waals surface area contributed by atoms with Crippen LogP contribution in [0.2, 0.25) is 0 Å². The molecule has 3 heterocycles. The molecule has 0 unspecified atom stereocenters. The van der Waals surface area contributed by atoms with Gasteiger partial charge < -0.3 is 76.5 Å². The van der Waals surface area contributed by atoms with Gasteiger partial charge in [0.2, 0.25) is 0 Å². The summed E-state index contributed by atoms with van der Waals surface area (Å²) in [6, 6.07) is 70.2. The van der Waals surface area contributed by atoms with Crippen LogP contribution in [0.3, 0.4) is 0 Å². The van der Waals surface area contributed by atoms with Crippen molar-refractivity contribution in [3.05, 3.63) is 323 Å². The first-order valence-corrected chi connectivity index (χ1v) is 33.5. The van der Waals surface area contributed by atoms with Crippen LogP contribution in [0.1, 0.15) is 88.4 Å². The maximum Gasteiger partial charge on any atom is 0.338 e. The van der Waals surface area contributed by atoms with Gasteiger partial charge in [-0.15, -0.1) is 0 Å². The van der Waals surface area contributed by atoms with Gasteiger partial charge in [-0.1, -0.05) is 176 Å². The van der Waals surface area contributed by atoms with E-state index in [-0.39, 0.29) is 51.1 Å². The van der Waals surface area contributed by atoms with Crippen LogP contribution in [0.25, 0.3) is 0 Å². The first-order valence-electron chi connectivity index (χ1n) is 33.5. The Morgan fingerprint density at radius 2 is 0.552 bits per heavy atom. The minimum Gasteiger partial charge on any atom is -0.459 e. The Labute approximate surface area is 601 Å². The molecule has 105 heavy (non-hydrogen) atoms. The molecule has 15 atom stereocenters. The van der Waals surface area contributed by atoms with Crippen LogP contribution in [0.4, 0.5) is 0 Å². The molecule has 9 aromatic carbocycles. The van der Waals surface area contributed by atoms with E-state index in [0.29, 0.717) is 5.56 Å². The van der Waals surface area contributed by atoms with E-state index >= 15 is 4.79 Å². The third-order valence-electron chi connectivity index (χ3n) is 17.1. The summed E-state index contributed by atoms with van der Waals surface area (Å²) in [5, 5.41) is 25.3. The van der Waals surface area contributed by atoms with E-state index < -0.39 is 160 Å². The molecule has 538 valence electrons. The van der Waals surface area contributed by atoms with Crippen molar-refractivity contribution in [3.63, 3.8) is 0 Å². The van der Waals surface area contributed by atoms with Gasteiger partial charge in [-0.2, -0.15) is 0 Å². The Morgan fingerprint density at radius 1 is 0.276 bits per heavy atom. The van der Waals surface area contributed by atoms with Gasteiger partial charge in [0.1, 0.15) is 31.0 Å². The lowest BCUT2D eigenvalue weighted by Crippen LogP contribution is -2.67.